The maximum absolute atomic E-state index is 13.3. The predicted molar refractivity (Wildman–Crippen MR) is 114 cm³/mol. The Balaban J connectivity index is 1.90. The second-order valence-electron chi connectivity index (χ2n) is 7.63. The minimum atomic E-state index is -1.83. The van der Waals surface area contributed by atoms with Gasteiger partial charge in [0.1, 0.15) is 46.9 Å². The molecular formula is C22H22O12. The lowest BCUT2D eigenvalue weighted by atomic mass is 9.99. The first-order chi connectivity index (χ1) is 16.2. The number of hydrogen-bond acceptors (Lipinski definition) is 12. The molecule has 0 bridgehead atoms. The number of methoxy groups -OCH3 is 1. The van der Waals surface area contributed by atoms with Crippen LogP contribution in [0.2, 0.25) is 0 Å². The summed E-state index contributed by atoms with van der Waals surface area (Å²) in [6, 6.07) is 6.00. The smallest absolute Gasteiger partial charge is 0.239 e. The van der Waals surface area contributed by atoms with Crippen LogP contribution in [0.1, 0.15) is 0 Å². The van der Waals surface area contributed by atoms with Gasteiger partial charge in [0.15, 0.2) is 17.3 Å². The van der Waals surface area contributed by atoms with Gasteiger partial charge in [0.25, 0.3) is 0 Å². The number of aliphatic hydroxyl groups excluding tert-OH is 4. The molecule has 4 rings (SSSR count). The number of phenolic OH excluding ortho intramolecular Hbond substituents is 3. The van der Waals surface area contributed by atoms with E-state index in [2.05, 4.69) is 0 Å². The zero-order valence-corrected chi connectivity index (χ0v) is 17.7. The Bertz CT molecular complexity index is 1270. The molecule has 5 atom stereocenters. The fourth-order valence-corrected chi connectivity index (χ4v) is 3.68. The maximum atomic E-state index is 13.3. The summed E-state index contributed by atoms with van der Waals surface area (Å²) in [6.07, 6.45) is -8.31. The molecule has 12 heteroatoms. The third-order valence-corrected chi connectivity index (χ3v) is 5.44. The number of hydrogen-bond donors (Lipinski definition) is 7. The largest absolute Gasteiger partial charge is 0.508 e. The molecule has 2 unspecified atom stereocenters. The summed E-state index contributed by atoms with van der Waals surface area (Å²) in [5.41, 5.74) is -1.03. The number of fused-ring (bicyclic) bond motifs is 1. The second kappa shape index (κ2) is 9.00. The van der Waals surface area contributed by atoms with Crippen molar-refractivity contribution in [2.45, 2.75) is 30.7 Å². The third-order valence-electron chi connectivity index (χ3n) is 5.44. The number of aromatic hydroxyl groups is 3. The molecule has 2 heterocycles. The van der Waals surface area contributed by atoms with E-state index in [1.54, 1.807) is 0 Å². The van der Waals surface area contributed by atoms with E-state index in [9.17, 15) is 40.5 Å². The molecule has 0 aliphatic carbocycles. The summed E-state index contributed by atoms with van der Waals surface area (Å²) >= 11 is 0. The summed E-state index contributed by atoms with van der Waals surface area (Å²) in [5, 5.41) is 69.7. The van der Waals surface area contributed by atoms with E-state index in [-0.39, 0.29) is 39.5 Å². The predicted octanol–water partition coefficient (Wildman–Crippen LogP) is -0.236. The van der Waals surface area contributed by atoms with Crippen LogP contribution in [0.4, 0.5) is 0 Å². The SMILES string of the molecule is COc1ccc(-c2oc3cc(O)cc(O)c3c(=O)c2O[C@@H]2O[C@H](CO)[C@@H](O)C(O)C2O)cc1O. The zero-order chi connectivity index (χ0) is 24.7. The van der Waals surface area contributed by atoms with Crippen molar-refractivity contribution >= 4 is 11.0 Å². The Morgan fingerprint density at radius 1 is 0.971 bits per heavy atom. The number of ether oxygens (including phenoxy) is 3. The molecule has 2 aromatic carbocycles. The van der Waals surface area contributed by atoms with E-state index in [1.807, 2.05) is 0 Å². The van der Waals surface area contributed by atoms with Crippen LogP contribution >= 0.6 is 0 Å². The van der Waals surface area contributed by atoms with E-state index < -0.39 is 54.2 Å². The first kappa shape index (κ1) is 23.6. The van der Waals surface area contributed by atoms with Gasteiger partial charge in [-0.3, -0.25) is 4.79 Å². The van der Waals surface area contributed by atoms with Crippen molar-refractivity contribution in [3.63, 3.8) is 0 Å². The summed E-state index contributed by atoms with van der Waals surface area (Å²) in [4.78, 5) is 13.3. The van der Waals surface area contributed by atoms with Gasteiger partial charge in [-0.05, 0) is 18.2 Å². The maximum Gasteiger partial charge on any atom is 0.239 e. The van der Waals surface area contributed by atoms with E-state index >= 15 is 0 Å². The number of aliphatic hydroxyl groups is 4. The molecule has 0 saturated carbocycles. The monoisotopic (exact) mass is 478 g/mol. The molecule has 1 aliphatic heterocycles. The van der Waals surface area contributed by atoms with Gasteiger partial charge < -0.3 is 54.4 Å². The summed E-state index contributed by atoms with van der Waals surface area (Å²) in [5.74, 6) is -2.05. The Kier molecular flexibility index (Phi) is 6.25. The molecule has 0 radical (unpaired) electrons. The van der Waals surface area contributed by atoms with Gasteiger partial charge in [-0.1, -0.05) is 0 Å². The third kappa shape index (κ3) is 3.97. The number of phenols is 3. The fourth-order valence-electron chi connectivity index (χ4n) is 3.68. The standard InChI is InChI=1S/C22H22O12/c1-31-12-3-2-8(4-10(12)25)20-21(17(28)15-11(26)5-9(24)6-13(15)32-20)34-22-19(30)18(29)16(27)14(7-23)33-22/h2-6,14,16,18-19,22-27,29-30H,7H2,1H3/t14-,16-,18?,19?,22+/m1/s1. The highest BCUT2D eigenvalue weighted by molar-refractivity contribution is 5.88. The number of benzene rings is 2. The molecule has 12 nitrogen and oxygen atoms in total. The lowest BCUT2D eigenvalue weighted by Gasteiger charge is -2.39. The average molecular weight is 478 g/mol. The first-order valence-electron chi connectivity index (χ1n) is 10.0. The van der Waals surface area contributed by atoms with Crippen LogP contribution in [0.3, 0.4) is 0 Å². The van der Waals surface area contributed by atoms with Gasteiger partial charge in [0, 0.05) is 17.7 Å². The Morgan fingerprint density at radius 2 is 1.71 bits per heavy atom. The molecule has 1 aliphatic rings. The molecule has 0 spiro atoms. The minimum absolute atomic E-state index is 0.111. The van der Waals surface area contributed by atoms with E-state index in [0.29, 0.717) is 0 Å². The van der Waals surface area contributed by atoms with Crippen molar-refractivity contribution in [2.24, 2.45) is 0 Å². The topological polar surface area (TPSA) is 200 Å². The van der Waals surface area contributed by atoms with Crippen LogP contribution in [-0.2, 0) is 4.74 Å². The minimum Gasteiger partial charge on any atom is -0.508 e. The fraction of sp³-hybridized carbons (Fsp3) is 0.318. The second-order valence-corrected chi connectivity index (χ2v) is 7.63. The van der Waals surface area contributed by atoms with Crippen LogP contribution in [-0.4, -0.2) is 80.2 Å². The quantitative estimate of drug-likeness (QED) is 0.254. The van der Waals surface area contributed by atoms with Crippen LogP contribution in [0, 0.1) is 0 Å². The molecule has 7 N–H and O–H groups in total. The van der Waals surface area contributed by atoms with Gasteiger partial charge in [-0.15, -0.1) is 0 Å². The molecule has 182 valence electrons. The van der Waals surface area contributed by atoms with Crippen LogP contribution in [0.15, 0.2) is 39.5 Å². The van der Waals surface area contributed by atoms with Crippen molar-refractivity contribution in [1.82, 2.24) is 0 Å². The molecule has 1 aromatic heterocycles. The van der Waals surface area contributed by atoms with Crippen molar-refractivity contribution in [3.8, 4) is 40.1 Å². The summed E-state index contributed by atoms with van der Waals surface area (Å²) in [7, 11) is 1.34. The van der Waals surface area contributed by atoms with Crippen LogP contribution in [0.5, 0.6) is 28.7 Å². The molecule has 1 fully saturated rings. The lowest BCUT2D eigenvalue weighted by Crippen LogP contribution is -2.60. The first-order valence-corrected chi connectivity index (χ1v) is 10.0. The van der Waals surface area contributed by atoms with Crippen LogP contribution in [0.25, 0.3) is 22.3 Å². The average Bonchev–Trinajstić information content (AvgIpc) is 2.80. The van der Waals surface area contributed by atoms with Gasteiger partial charge >= 0.3 is 0 Å². The van der Waals surface area contributed by atoms with E-state index in [0.717, 1.165) is 12.1 Å². The number of rotatable bonds is 5. The van der Waals surface area contributed by atoms with E-state index in [1.165, 1.54) is 25.3 Å². The lowest BCUT2D eigenvalue weighted by molar-refractivity contribution is -0.277. The van der Waals surface area contributed by atoms with Crippen molar-refractivity contribution in [1.29, 1.82) is 0 Å². The van der Waals surface area contributed by atoms with Gasteiger partial charge in [-0.2, -0.15) is 0 Å². The highest BCUT2D eigenvalue weighted by Gasteiger charge is 2.45. The highest BCUT2D eigenvalue weighted by Crippen LogP contribution is 2.39. The van der Waals surface area contributed by atoms with E-state index in [4.69, 9.17) is 18.6 Å². The highest BCUT2D eigenvalue weighted by atomic mass is 16.7. The van der Waals surface area contributed by atoms with Gasteiger partial charge in [-0.25, -0.2) is 0 Å². The van der Waals surface area contributed by atoms with Crippen molar-refractivity contribution in [2.75, 3.05) is 13.7 Å². The van der Waals surface area contributed by atoms with Crippen molar-refractivity contribution < 1.29 is 54.4 Å². The Labute approximate surface area is 191 Å². The summed E-state index contributed by atoms with van der Waals surface area (Å²) < 4.78 is 21.6. The Morgan fingerprint density at radius 3 is 2.35 bits per heavy atom. The van der Waals surface area contributed by atoms with Gasteiger partial charge in [0.05, 0.1) is 13.7 Å². The zero-order valence-electron chi connectivity index (χ0n) is 17.7. The molecular weight excluding hydrogens is 456 g/mol. The summed E-state index contributed by atoms with van der Waals surface area (Å²) in [6.45, 7) is -0.726. The molecule has 0 amide bonds. The van der Waals surface area contributed by atoms with Gasteiger partial charge in [0.2, 0.25) is 17.5 Å². The molecule has 1 saturated heterocycles. The molecule has 3 aromatic rings. The molecule has 34 heavy (non-hydrogen) atoms. The normalized spacial score (nSPS) is 24.8. The van der Waals surface area contributed by atoms with Crippen LogP contribution < -0.4 is 14.9 Å². The Hall–Kier alpha value is -3.55. The van der Waals surface area contributed by atoms with Crippen molar-refractivity contribution in [3.05, 3.63) is 40.6 Å².